The molecule has 61 heavy (non-hydrogen) atoms. The number of fused-ring (bicyclic) bond motifs is 7. The van der Waals surface area contributed by atoms with E-state index in [9.17, 15) is 0 Å². The Labute approximate surface area is 358 Å². The van der Waals surface area contributed by atoms with E-state index in [0.717, 1.165) is 33.9 Å². The fourth-order valence-corrected chi connectivity index (χ4v) is 10.7. The molecule has 0 aliphatic rings. The Kier molecular flexibility index (Phi) is 8.39. The van der Waals surface area contributed by atoms with Crippen LogP contribution in [0.5, 0.6) is 0 Å². The van der Waals surface area contributed by atoms with Crippen molar-refractivity contribution in [1.82, 2.24) is 4.57 Å². The SMILES string of the molecule is c1ccc(-c2cccc3cccc(-c4ccccc4N(c4ccccc4-c4ccc5c6ccccc6n(-c6ccccc6)c5c4)c4cccc5sc6ccccc6c45)c23)cc1. The molecule has 0 saturated carbocycles. The molecular weight excluding hydrogens is 757 g/mol. The van der Waals surface area contributed by atoms with Crippen molar-refractivity contribution in [3.8, 4) is 39.1 Å². The summed E-state index contributed by atoms with van der Waals surface area (Å²) in [6.45, 7) is 0. The summed E-state index contributed by atoms with van der Waals surface area (Å²) in [7, 11) is 0. The van der Waals surface area contributed by atoms with Crippen LogP contribution in [0, 0.1) is 0 Å². The van der Waals surface area contributed by atoms with Crippen LogP contribution in [-0.4, -0.2) is 4.57 Å². The predicted octanol–water partition coefficient (Wildman–Crippen LogP) is 16.8. The van der Waals surface area contributed by atoms with Crippen molar-refractivity contribution in [3.05, 3.63) is 231 Å². The smallest absolute Gasteiger partial charge is 0.0555 e. The number of rotatable bonds is 7. The maximum Gasteiger partial charge on any atom is 0.0555 e. The molecule has 3 heteroatoms. The van der Waals surface area contributed by atoms with Crippen LogP contribution in [0.4, 0.5) is 17.1 Å². The van der Waals surface area contributed by atoms with Crippen molar-refractivity contribution in [1.29, 1.82) is 0 Å². The van der Waals surface area contributed by atoms with Gasteiger partial charge in [-0.25, -0.2) is 0 Å². The molecule has 0 N–H and O–H groups in total. The third-order valence-corrected chi connectivity index (χ3v) is 13.3. The van der Waals surface area contributed by atoms with Gasteiger partial charge in [-0.2, -0.15) is 0 Å². The fraction of sp³-hybridized carbons (Fsp3) is 0. The lowest BCUT2D eigenvalue weighted by atomic mass is 9.90. The molecule has 12 aromatic rings. The Bertz CT molecular complexity index is 3590. The number of hydrogen-bond donors (Lipinski definition) is 0. The zero-order chi connectivity index (χ0) is 40.3. The monoisotopic (exact) mass is 794 g/mol. The van der Waals surface area contributed by atoms with Crippen molar-refractivity contribution in [2.45, 2.75) is 0 Å². The Morgan fingerprint density at radius 2 is 0.902 bits per heavy atom. The summed E-state index contributed by atoms with van der Waals surface area (Å²) in [6.07, 6.45) is 0. The summed E-state index contributed by atoms with van der Waals surface area (Å²) in [4.78, 5) is 2.53. The number of anilines is 3. The van der Waals surface area contributed by atoms with Crippen molar-refractivity contribution in [2.75, 3.05) is 4.90 Å². The Morgan fingerprint density at radius 1 is 0.328 bits per heavy atom. The lowest BCUT2D eigenvalue weighted by Gasteiger charge is -2.31. The van der Waals surface area contributed by atoms with Crippen LogP contribution in [0.25, 0.3) is 91.8 Å². The molecule has 0 amide bonds. The molecule has 12 rings (SSSR count). The number of benzene rings is 10. The molecule has 2 nitrogen and oxygen atoms in total. The first-order valence-electron chi connectivity index (χ1n) is 20.9. The molecule has 2 aromatic heterocycles. The summed E-state index contributed by atoms with van der Waals surface area (Å²) in [5, 5.41) is 7.47. The lowest BCUT2D eigenvalue weighted by Crippen LogP contribution is -2.13. The molecule has 0 bridgehead atoms. The van der Waals surface area contributed by atoms with Crippen LogP contribution in [-0.2, 0) is 0 Å². The number of aromatic nitrogens is 1. The van der Waals surface area contributed by atoms with Gasteiger partial charge in [-0.05, 0) is 87.6 Å². The first-order chi connectivity index (χ1) is 30.3. The summed E-state index contributed by atoms with van der Waals surface area (Å²) >= 11 is 1.86. The highest BCUT2D eigenvalue weighted by atomic mass is 32.1. The average Bonchev–Trinajstić information content (AvgIpc) is 3.88. The molecule has 0 saturated heterocycles. The number of hydrogen-bond acceptors (Lipinski definition) is 2. The van der Waals surface area contributed by atoms with E-state index < -0.39 is 0 Å². The Balaban J connectivity index is 1.15. The average molecular weight is 795 g/mol. The zero-order valence-electron chi connectivity index (χ0n) is 33.2. The normalized spacial score (nSPS) is 11.6. The zero-order valence-corrected chi connectivity index (χ0v) is 34.1. The van der Waals surface area contributed by atoms with Crippen LogP contribution < -0.4 is 4.90 Å². The van der Waals surface area contributed by atoms with Gasteiger partial charge in [0.05, 0.1) is 28.1 Å². The lowest BCUT2D eigenvalue weighted by molar-refractivity contribution is 1.18. The van der Waals surface area contributed by atoms with Crippen molar-refractivity contribution in [2.24, 2.45) is 0 Å². The van der Waals surface area contributed by atoms with Gasteiger partial charge in [-0.15, -0.1) is 11.3 Å². The van der Waals surface area contributed by atoms with Crippen LogP contribution >= 0.6 is 11.3 Å². The molecule has 10 aromatic carbocycles. The molecule has 0 unspecified atom stereocenters. The second-order valence-corrected chi connectivity index (χ2v) is 16.7. The Morgan fingerprint density at radius 3 is 1.72 bits per heavy atom. The minimum atomic E-state index is 1.11. The van der Waals surface area contributed by atoms with E-state index in [0.29, 0.717) is 0 Å². The fourth-order valence-electron chi connectivity index (χ4n) is 9.56. The maximum atomic E-state index is 2.53. The van der Waals surface area contributed by atoms with Crippen molar-refractivity contribution >= 4 is 81.1 Å². The van der Waals surface area contributed by atoms with Crippen LogP contribution in [0.3, 0.4) is 0 Å². The van der Waals surface area contributed by atoms with E-state index in [1.807, 2.05) is 11.3 Å². The van der Waals surface area contributed by atoms with E-state index in [1.54, 1.807) is 0 Å². The largest absolute Gasteiger partial charge is 0.309 e. The van der Waals surface area contributed by atoms with Crippen LogP contribution in [0.1, 0.15) is 0 Å². The van der Waals surface area contributed by atoms with E-state index >= 15 is 0 Å². The molecule has 0 spiro atoms. The van der Waals surface area contributed by atoms with Gasteiger partial charge in [0.25, 0.3) is 0 Å². The van der Waals surface area contributed by atoms with Gasteiger partial charge in [-0.1, -0.05) is 176 Å². The van der Waals surface area contributed by atoms with E-state index in [2.05, 4.69) is 240 Å². The van der Waals surface area contributed by atoms with Gasteiger partial charge in [0, 0.05) is 47.8 Å². The molecule has 286 valence electrons. The van der Waals surface area contributed by atoms with Crippen molar-refractivity contribution < 1.29 is 0 Å². The van der Waals surface area contributed by atoms with E-state index in [4.69, 9.17) is 0 Å². The molecule has 2 heterocycles. The standard InChI is InChI=1S/C58H38N2S/c1-3-18-39(19-4-1)44-28-15-20-40-21-16-29-48(57(40)44)46-26-9-13-32-52(46)60(53-33-17-35-56-58(53)49-27-10-14-34-55(49)61-56)50-30-11-7-24-43(50)41-36-37-47-45-25-8-12-31-51(45)59(54(47)38-41)42-22-5-2-6-23-42/h1-38H. The topological polar surface area (TPSA) is 8.17 Å². The third kappa shape index (κ3) is 5.78. The highest BCUT2D eigenvalue weighted by Gasteiger charge is 2.25. The van der Waals surface area contributed by atoms with Gasteiger partial charge in [0.2, 0.25) is 0 Å². The van der Waals surface area contributed by atoms with E-state index in [-0.39, 0.29) is 0 Å². The number of nitrogens with zero attached hydrogens (tertiary/aromatic N) is 2. The number of para-hydroxylation sites is 4. The molecular formula is C58H38N2S. The summed E-state index contributed by atoms with van der Waals surface area (Å²) in [6, 6.07) is 84.3. The second kappa shape index (κ2) is 14.5. The molecule has 0 atom stereocenters. The van der Waals surface area contributed by atoms with Crippen LogP contribution in [0.15, 0.2) is 231 Å². The van der Waals surface area contributed by atoms with Gasteiger partial charge < -0.3 is 9.47 Å². The van der Waals surface area contributed by atoms with Gasteiger partial charge >= 0.3 is 0 Å². The second-order valence-electron chi connectivity index (χ2n) is 15.6. The number of thiophene rings is 1. The third-order valence-electron chi connectivity index (χ3n) is 12.2. The highest BCUT2D eigenvalue weighted by Crippen LogP contribution is 2.51. The quantitative estimate of drug-likeness (QED) is 0.156. The summed E-state index contributed by atoms with van der Waals surface area (Å²) < 4.78 is 4.96. The first-order valence-corrected chi connectivity index (χ1v) is 21.7. The first kappa shape index (κ1) is 35.2. The summed E-state index contributed by atoms with van der Waals surface area (Å²) in [5.74, 6) is 0. The maximum absolute atomic E-state index is 2.53. The molecule has 0 radical (unpaired) electrons. The van der Waals surface area contributed by atoms with Gasteiger partial charge in [0.1, 0.15) is 0 Å². The molecule has 0 fully saturated rings. The van der Waals surface area contributed by atoms with Crippen LogP contribution in [0.2, 0.25) is 0 Å². The summed E-state index contributed by atoms with van der Waals surface area (Å²) in [5.41, 5.74) is 14.0. The van der Waals surface area contributed by atoms with Gasteiger partial charge in [0.15, 0.2) is 0 Å². The van der Waals surface area contributed by atoms with Crippen molar-refractivity contribution in [3.63, 3.8) is 0 Å². The minimum Gasteiger partial charge on any atom is -0.309 e. The molecule has 0 aliphatic carbocycles. The highest BCUT2D eigenvalue weighted by molar-refractivity contribution is 7.26. The minimum absolute atomic E-state index is 1.11. The van der Waals surface area contributed by atoms with E-state index in [1.165, 1.54) is 75.0 Å². The Hall–Kier alpha value is -7.72. The predicted molar refractivity (Wildman–Crippen MR) is 262 cm³/mol. The molecule has 0 aliphatic heterocycles. The van der Waals surface area contributed by atoms with Gasteiger partial charge in [-0.3, -0.25) is 0 Å².